The minimum absolute atomic E-state index is 0.167. The third-order valence-corrected chi connectivity index (χ3v) is 3.60. The third kappa shape index (κ3) is 1.29. The summed E-state index contributed by atoms with van der Waals surface area (Å²) in [6, 6.07) is 8.37. The zero-order valence-corrected chi connectivity index (χ0v) is 8.96. The molecule has 1 unspecified atom stereocenters. The Kier molecular flexibility index (Phi) is 1.71. The molecule has 1 aromatic carbocycles. The number of benzene rings is 1. The van der Waals surface area contributed by atoms with E-state index in [1.165, 1.54) is 29.3 Å². The van der Waals surface area contributed by atoms with Crippen LogP contribution >= 0.6 is 0 Å². The maximum absolute atomic E-state index is 6.43. The highest BCUT2D eigenvalue weighted by Gasteiger charge is 2.40. The molecule has 1 saturated carbocycles. The number of hydrogen-bond donors (Lipinski definition) is 2. The summed E-state index contributed by atoms with van der Waals surface area (Å²) in [4.78, 5) is 3.30. The van der Waals surface area contributed by atoms with Gasteiger partial charge in [0.1, 0.15) is 0 Å². The first-order valence-electron chi connectivity index (χ1n) is 5.55. The number of hydrogen-bond acceptors (Lipinski definition) is 1. The second-order valence-electron chi connectivity index (χ2n) is 4.80. The molecule has 0 radical (unpaired) electrons. The lowest BCUT2D eigenvalue weighted by Gasteiger charge is -2.24. The van der Waals surface area contributed by atoms with Crippen LogP contribution in [-0.2, 0) is 5.54 Å². The molecular formula is C13H16N2. The molecule has 1 aliphatic carbocycles. The Hall–Kier alpha value is -1.28. The van der Waals surface area contributed by atoms with Gasteiger partial charge in [0, 0.05) is 22.6 Å². The van der Waals surface area contributed by atoms with Gasteiger partial charge >= 0.3 is 0 Å². The van der Waals surface area contributed by atoms with Crippen molar-refractivity contribution in [1.82, 2.24) is 4.98 Å². The first-order chi connectivity index (χ1) is 7.19. The fourth-order valence-corrected chi connectivity index (χ4v) is 2.42. The van der Waals surface area contributed by atoms with E-state index in [4.69, 9.17) is 5.73 Å². The van der Waals surface area contributed by atoms with Crippen LogP contribution in [0.3, 0.4) is 0 Å². The van der Waals surface area contributed by atoms with E-state index in [1.54, 1.807) is 0 Å². The summed E-state index contributed by atoms with van der Waals surface area (Å²) in [5.74, 6) is 0.664. The number of nitrogens with one attached hydrogen (secondary N) is 1. The lowest BCUT2D eigenvalue weighted by atomic mass is 9.88. The maximum Gasteiger partial charge on any atom is 0.0457 e. The van der Waals surface area contributed by atoms with E-state index < -0.39 is 0 Å². The number of aromatic amines is 1. The summed E-state index contributed by atoms with van der Waals surface area (Å²) in [7, 11) is 0. The number of fused-ring (bicyclic) bond motifs is 1. The van der Waals surface area contributed by atoms with Crippen molar-refractivity contribution in [2.45, 2.75) is 25.3 Å². The summed E-state index contributed by atoms with van der Waals surface area (Å²) in [6.07, 6.45) is 4.61. The largest absolute Gasteiger partial charge is 0.361 e. The zero-order chi connectivity index (χ0) is 10.5. The van der Waals surface area contributed by atoms with Gasteiger partial charge < -0.3 is 10.7 Å². The van der Waals surface area contributed by atoms with Gasteiger partial charge in [0.15, 0.2) is 0 Å². The summed E-state index contributed by atoms with van der Waals surface area (Å²) in [5, 5.41) is 1.27. The van der Waals surface area contributed by atoms with Crippen LogP contribution in [0.2, 0.25) is 0 Å². The molecule has 0 bridgehead atoms. The van der Waals surface area contributed by atoms with E-state index in [-0.39, 0.29) is 5.54 Å². The van der Waals surface area contributed by atoms with Crippen molar-refractivity contribution in [3.05, 3.63) is 36.0 Å². The molecule has 78 valence electrons. The Labute approximate surface area is 89.5 Å². The van der Waals surface area contributed by atoms with E-state index in [9.17, 15) is 0 Å². The van der Waals surface area contributed by atoms with Crippen molar-refractivity contribution in [3.63, 3.8) is 0 Å². The van der Waals surface area contributed by atoms with Crippen molar-refractivity contribution in [1.29, 1.82) is 0 Å². The lowest BCUT2D eigenvalue weighted by molar-refractivity contribution is 0.431. The Morgan fingerprint density at radius 3 is 2.80 bits per heavy atom. The van der Waals surface area contributed by atoms with Crippen LogP contribution in [0.4, 0.5) is 0 Å². The predicted molar refractivity (Wildman–Crippen MR) is 62.6 cm³/mol. The number of aromatic nitrogens is 1. The van der Waals surface area contributed by atoms with Crippen LogP contribution in [0, 0.1) is 5.92 Å². The molecule has 0 amide bonds. The first-order valence-corrected chi connectivity index (χ1v) is 5.55. The minimum Gasteiger partial charge on any atom is -0.361 e. The van der Waals surface area contributed by atoms with Gasteiger partial charge in [-0.1, -0.05) is 18.2 Å². The Bertz CT molecular complexity index is 492. The number of rotatable bonds is 2. The molecule has 1 fully saturated rings. The predicted octanol–water partition coefficient (Wildman–Crippen LogP) is 2.75. The molecule has 1 aromatic heterocycles. The van der Waals surface area contributed by atoms with Crippen molar-refractivity contribution in [2.24, 2.45) is 11.7 Å². The summed E-state index contributed by atoms with van der Waals surface area (Å²) in [6.45, 7) is 2.15. The normalized spacial score (nSPS) is 20.4. The molecule has 0 aliphatic heterocycles. The third-order valence-electron chi connectivity index (χ3n) is 3.60. The minimum atomic E-state index is -0.167. The molecule has 1 aliphatic rings. The molecule has 3 N–H and O–H groups in total. The fourth-order valence-electron chi connectivity index (χ4n) is 2.42. The van der Waals surface area contributed by atoms with Gasteiger partial charge in [0.2, 0.25) is 0 Å². The number of nitrogens with two attached hydrogens (primary N) is 1. The molecule has 15 heavy (non-hydrogen) atoms. The molecule has 2 heteroatoms. The van der Waals surface area contributed by atoms with Gasteiger partial charge in [-0.3, -0.25) is 0 Å². The smallest absolute Gasteiger partial charge is 0.0457 e. The lowest BCUT2D eigenvalue weighted by Crippen LogP contribution is -2.35. The average molecular weight is 200 g/mol. The van der Waals surface area contributed by atoms with Crippen LogP contribution in [0.15, 0.2) is 30.5 Å². The Morgan fingerprint density at radius 1 is 1.33 bits per heavy atom. The molecule has 1 heterocycles. The van der Waals surface area contributed by atoms with Crippen LogP contribution in [0.25, 0.3) is 10.9 Å². The SMILES string of the molecule is CC(N)(c1c[nH]c2ccccc12)C1CC1. The quantitative estimate of drug-likeness (QED) is 0.769. The van der Waals surface area contributed by atoms with Crippen LogP contribution < -0.4 is 5.73 Å². The standard InChI is InChI=1S/C13H16N2/c1-13(14,9-6-7-9)11-8-15-12-5-3-2-4-10(11)12/h2-5,8-9,15H,6-7,14H2,1H3. The van der Waals surface area contributed by atoms with E-state index in [2.05, 4.69) is 36.3 Å². The average Bonchev–Trinajstić information content (AvgIpc) is 2.98. The molecule has 0 spiro atoms. The van der Waals surface area contributed by atoms with Crippen molar-refractivity contribution >= 4 is 10.9 Å². The van der Waals surface area contributed by atoms with Gasteiger partial charge in [-0.2, -0.15) is 0 Å². The summed E-state index contributed by atoms with van der Waals surface area (Å²) < 4.78 is 0. The highest BCUT2D eigenvalue weighted by atomic mass is 14.8. The Morgan fingerprint density at radius 2 is 2.07 bits per heavy atom. The monoisotopic (exact) mass is 200 g/mol. The van der Waals surface area contributed by atoms with E-state index in [0.717, 1.165) is 0 Å². The number of H-pyrrole nitrogens is 1. The van der Waals surface area contributed by atoms with Gasteiger partial charge in [-0.05, 0) is 37.3 Å². The fraction of sp³-hybridized carbons (Fsp3) is 0.385. The second kappa shape index (κ2) is 2.86. The summed E-state index contributed by atoms with van der Waals surface area (Å²) in [5.41, 5.74) is 8.72. The Balaban J connectivity index is 2.18. The highest BCUT2D eigenvalue weighted by Crippen LogP contribution is 2.45. The van der Waals surface area contributed by atoms with Crippen LogP contribution in [-0.4, -0.2) is 4.98 Å². The van der Waals surface area contributed by atoms with E-state index in [1.807, 2.05) is 6.07 Å². The molecule has 1 atom stereocenters. The van der Waals surface area contributed by atoms with Gasteiger partial charge in [-0.15, -0.1) is 0 Å². The first kappa shape index (κ1) is 8.98. The molecule has 2 nitrogen and oxygen atoms in total. The van der Waals surface area contributed by atoms with Crippen molar-refractivity contribution < 1.29 is 0 Å². The molecule has 2 aromatic rings. The van der Waals surface area contributed by atoms with Crippen molar-refractivity contribution in [3.8, 4) is 0 Å². The zero-order valence-electron chi connectivity index (χ0n) is 8.96. The maximum atomic E-state index is 6.43. The van der Waals surface area contributed by atoms with Crippen molar-refractivity contribution in [2.75, 3.05) is 0 Å². The van der Waals surface area contributed by atoms with Crippen LogP contribution in [0.5, 0.6) is 0 Å². The number of para-hydroxylation sites is 1. The van der Waals surface area contributed by atoms with Gasteiger partial charge in [0.05, 0.1) is 0 Å². The van der Waals surface area contributed by atoms with Gasteiger partial charge in [-0.25, -0.2) is 0 Å². The van der Waals surface area contributed by atoms with E-state index in [0.29, 0.717) is 5.92 Å². The molecular weight excluding hydrogens is 184 g/mol. The molecule has 3 rings (SSSR count). The van der Waals surface area contributed by atoms with Gasteiger partial charge in [0.25, 0.3) is 0 Å². The topological polar surface area (TPSA) is 41.8 Å². The second-order valence-corrected chi connectivity index (χ2v) is 4.80. The highest BCUT2D eigenvalue weighted by molar-refractivity contribution is 5.84. The van der Waals surface area contributed by atoms with E-state index >= 15 is 0 Å². The molecule has 0 saturated heterocycles. The van der Waals surface area contributed by atoms with Crippen LogP contribution in [0.1, 0.15) is 25.3 Å². The summed E-state index contributed by atoms with van der Waals surface area (Å²) >= 11 is 0.